The Labute approximate surface area is 59.3 Å². The van der Waals surface area contributed by atoms with Crippen LogP contribution >= 0.6 is 0 Å². The van der Waals surface area contributed by atoms with E-state index in [0.717, 1.165) is 6.92 Å². The summed E-state index contributed by atoms with van der Waals surface area (Å²) in [6.45, 7) is 1.89. The van der Waals surface area contributed by atoms with Gasteiger partial charge in [-0.2, -0.15) is 0 Å². The molecule has 0 saturated heterocycles. The van der Waals surface area contributed by atoms with Crippen LogP contribution in [0.4, 0.5) is 8.78 Å². The van der Waals surface area contributed by atoms with Gasteiger partial charge in [-0.3, -0.25) is 0 Å². The van der Waals surface area contributed by atoms with Gasteiger partial charge in [0.05, 0.1) is 0 Å². The Kier molecular flexibility index (Phi) is 2.74. The maximum atomic E-state index is 12.6. The zero-order valence-electron chi connectivity index (χ0n) is 6.45. The van der Waals surface area contributed by atoms with E-state index >= 15 is 0 Å². The highest BCUT2D eigenvalue weighted by molar-refractivity contribution is 4.88. The molecule has 0 amide bonds. The highest BCUT2D eigenvalue weighted by Gasteiger charge is 2.45. The van der Waals surface area contributed by atoms with Crippen LogP contribution in [0, 0.1) is 0 Å². The second-order valence-corrected chi connectivity index (χ2v) is 2.53. The molecule has 0 heterocycles. The van der Waals surface area contributed by atoms with Crippen LogP contribution in [-0.2, 0) is 4.74 Å². The van der Waals surface area contributed by atoms with Gasteiger partial charge in [0.15, 0.2) is 0 Å². The van der Waals surface area contributed by atoms with Crippen molar-refractivity contribution in [2.45, 2.75) is 25.4 Å². The second-order valence-electron chi connectivity index (χ2n) is 2.53. The van der Waals surface area contributed by atoms with Crippen LogP contribution in [0.15, 0.2) is 0 Å². The Balaban J connectivity index is 4.33. The summed E-state index contributed by atoms with van der Waals surface area (Å²) in [7, 11) is 1.23. The monoisotopic (exact) mass is 153 g/mol. The van der Waals surface area contributed by atoms with E-state index < -0.39 is 11.5 Å². The van der Waals surface area contributed by atoms with Gasteiger partial charge < -0.3 is 10.5 Å². The summed E-state index contributed by atoms with van der Waals surface area (Å²) in [6, 6.07) is 0. The molecule has 0 aliphatic carbocycles. The molecule has 0 rings (SSSR count). The van der Waals surface area contributed by atoms with Gasteiger partial charge in [0.25, 0.3) is 5.92 Å². The first-order chi connectivity index (χ1) is 4.37. The van der Waals surface area contributed by atoms with E-state index in [4.69, 9.17) is 5.73 Å². The summed E-state index contributed by atoms with van der Waals surface area (Å²) in [4.78, 5) is 0. The molecule has 0 aliphatic rings. The molecule has 1 atom stereocenters. The van der Waals surface area contributed by atoms with Crippen molar-refractivity contribution >= 4 is 0 Å². The molecule has 0 saturated carbocycles. The molecule has 0 fully saturated rings. The van der Waals surface area contributed by atoms with E-state index in [1.54, 1.807) is 0 Å². The van der Waals surface area contributed by atoms with Crippen LogP contribution in [0.3, 0.4) is 0 Å². The molecule has 0 aliphatic heterocycles. The number of hydrogen-bond donors (Lipinski definition) is 1. The molecular weight excluding hydrogens is 140 g/mol. The van der Waals surface area contributed by atoms with E-state index in [2.05, 4.69) is 4.74 Å². The van der Waals surface area contributed by atoms with Crippen molar-refractivity contribution in [3.63, 3.8) is 0 Å². The third-order valence-electron chi connectivity index (χ3n) is 1.77. The highest BCUT2D eigenvalue weighted by atomic mass is 19.3. The lowest BCUT2D eigenvalue weighted by Gasteiger charge is -2.32. The van der Waals surface area contributed by atoms with E-state index in [9.17, 15) is 8.78 Å². The summed E-state index contributed by atoms with van der Waals surface area (Å²) in [5, 5.41) is 0. The first kappa shape index (κ1) is 9.78. The summed E-state index contributed by atoms with van der Waals surface area (Å²) in [5.74, 6) is -2.89. The van der Waals surface area contributed by atoms with Crippen LogP contribution in [0.2, 0.25) is 0 Å². The van der Waals surface area contributed by atoms with E-state index in [0.29, 0.717) is 0 Å². The Hall–Kier alpha value is -0.220. The van der Waals surface area contributed by atoms with Crippen LogP contribution in [0.1, 0.15) is 13.8 Å². The smallest absolute Gasteiger partial charge is 0.274 e. The van der Waals surface area contributed by atoms with Gasteiger partial charge in [-0.05, 0) is 6.92 Å². The van der Waals surface area contributed by atoms with E-state index in [1.807, 2.05) is 0 Å². The fourth-order valence-electron chi connectivity index (χ4n) is 0.442. The predicted octanol–water partition coefficient (Wildman–Crippen LogP) is 1.01. The highest BCUT2D eigenvalue weighted by Crippen LogP contribution is 2.29. The van der Waals surface area contributed by atoms with Gasteiger partial charge in [0, 0.05) is 20.6 Å². The Morgan fingerprint density at radius 2 is 1.80 bits per heavy atom. The topological polar surface area (TPSA) is 35.2 Å². The van der Waals surface area contributed by atoms with Crippen LogP contribution < -0.4 is 5.73 Å². The molecule has 10 heavy (non-hydrogen) atoms. The third kappa shape index (κ3) is 1.64. The summed E-state index contributed by atoms with van der Waals surface area (Å²) in [6.07, 6.45) is 0. The fraction of sp³-hybridized carbons (Fsp3) is 1.00. The molecule has 2 nitrogen and oxygen atoms in total. The molecule has 2 N–H and O–H groups in total. The fourth-order valence-corrected chi connectivity index (χ4v) is 0.442. The van der Waals surface area contributed by atoms with Crippen molar-refractivity contribution in [2.75, 3.05) is 13.7 Å². The van der Waals surface area contributed by atoms with Crippen molar-refractivity contribution in [3.8, 4) is 0 Å². The minimum absolute atomic E-state index is 0.188. The first-order valence-corrected chi connectivity index (χ1v) is 3.00. The van der Waals surface area contributed by atoms with Gasteiger partial charge in [-0.25, -0.2) is 8.78 Å². The quantitative estimate of drug-likeness (QED) is 0.656. The normalized spacial score (nSPS) is 18.6. The number of halogens is 2. The molecule has 4 heteroatoms. The molecule has 0 spiro atoms. The Bertz CT molecular complexity index is 107. The zero-order valence-corrected chi connectivity index (χ0v) is 6.45. The summed E-state index contributed by atoms with van der Waals surface area (Å²) < 4.78 is 29.7. The van der Waals surface area contributed by atoms with Gasteiger partial charge in [0.2, 0.25) is 0 Å². The second kappa shape index (κ2) is 2.80. The van der Waals surface area contributed by atoms with Crippen molar-refractivity contribution in [1.29, 1.82) is 0 Å². The average Bonchev–Trinajstić information content (AvgIpc) is 1.84. The number of rotatable bonds is 3. The van der Waals surface area contributed by atoms with Crippen molar-refractivity contribution < 1.29 is 13.5 Å². The largest absolute Gasteiger partial charge is 0.371 e. The van der Waals surface area contributed by atoms with Crippen molar-refractivity contribution in [2.24, 2.45) is 5.73 Å². The number of ether oxygens (including phenoxy) is 1. The predicted molar refractivity (Wildman–Crippen MR) is 35.1 cm³/mol. The molecule has 62 valence electrons. The van der Waals surface area contributed by atoms with E-state index in [1.165, 1.54) is 14.0 Å². The minimum atomic E-state index is -2.89. The number of hydrogen-bond acceptors (Lipinski definition) is 2. The molecule has 0 aromatic carbocycles. The summed E-state index contributed by atoms with van der Waals surface area (Å²) in [5.41, 5.74) is 3.56. The van der Waals surface area contributed by atoms with Gasteiger partial charge in [0.1, 0.15) is 5.60 Å². The first-order valence-electron chi connectivity index (χ1n) is 3.00. The SMILES string of the molecule is COC(C)(CN)C(C)(F)F. The Morgan fingerprint density at radius 1 is 1.40 bits per heavy atom. The standard InChI is InChI=1S/C6H13F2NO/c1-5(4-9,10-3)6(2,7)8/h4,9H2,1-3H3. The zero-order chi connectivity index (χ0) is 8.41. The van der Waals surface area contributed by atoms with Crippen LogP contribution in [0.25, 0.3) is 0 Å². The minimum Gasteiger partial charge on any atom is -0.371 e. The molecule has 1 unspecified atom stereocenters. The third-order valence-corrected chi connectivity index (χ3v) is 1.77. The Morgan fingerprint density at radius 3 is 1.80 bits per heavy atom. The van der Waals surface area contributed by atoms with Crippen molar-refractivity contribution in [1.82, 2.24) is 0 Å². The number of nitrogens with two attached hydrogens (primary N) is 1. The maximum absolute atomic E-state index is 12.6. The van der Waals surface area contributed by atoms with E-state index in [-0.39, 0.29) is 6.54 Å². The van der Waals surface area contributed by atoms with Gasteiger partial charge >= 0.3 is 0 Å². The van der Waals surface area contributed by atoms with Gasteiger partial charge in [-0.15, -0.1) is 0 Å². The van der Waals surface area contributed by atoms with Crippen LogP contribution in [0.5, 0.6) is 0 Å². The molecule has 0 bridgehead atoms. The van der Waals surface area contributed by atoms with Crippen molar-refractivity contribution in [3.05, 3.63) is 0 Å². The molecule has 0 radical (unpaired) electrons. The number of alkyl halides is 2. The van der Waals surface area contributed by atoms with Crippen LogP contribution in [-0.4, -0.2) is 25.2 Å². The lowest BCUT2D eigenvalue weighted by molar-refractivity contribution is -0.170. The lowest BCUT2D eigenvalue weighted by atomic mass is 10.00. The maximum Gasteiger partial charge on any atom is 0.274 e. The average molecular weight is 153 g/mol. The lowest BCUT2D eigenvalue weighted by Crippen LogP contribution is -2.50. The summed E-state index contributed by atoms with van der Waals surface area (Å²) >= 11 is 0. The molecule has 0 aromatic rings. The number of methoxy groups -OCH3 is 1. The molecule has 0 aromatic heterocycles. The van der Waals surface area contributed by atoms with Gasteiger partial charge in [-0.1, -0.05) is 0 Å². The molecular formula is C6H13F2NO.